The summed E-state index contributed by atoms with van der Waals surface area (Å²) in [5, 5.41) is 3.00. The first-order valence-electron chi connectivity index (χ1n) is 9.42. The number of benzene rings is 1. The number of aromatic nitrogens is 3. The lowest BCUT2D eigenvalue weighted by atomic mass is 10.0. The number of H-pyrrole nitrogens is 1. The smallest absolute Gasteiger partial charge is 0.329 e. The standard InChI is InChI=1S/C21H24N4O3/c1-4-10-25-18-17(20(27)24-21(25)28)15(11-16(23-18)13(2)3)19(26)22-12-14-8-6-5-7-9-14/h5-9,11,13H,4,10,12H2,1-3H3,(H,22,26)(H,24,27,28). The highest BCUT2D eigenvalue weighted by atomic mass is 16.2. The number of nitrogens with zero attached hydrogens (tertiary/aromatic N) is 2. The molecular formula is C21H24N4O3. The number of nitrogens with one attached hydrogen (secondary N) is 2. The summed E-state index contributed by atoms with van der Waals surface area (Å²) in [7, 11) is 0. The first-order valence-corrected chi connectivity index (χ1v) is 9.42. The zero-order chi connectivity index (χ0) is 20.3. The predicted octanol–water partition coefficient (Wildman–Crippen LogP) is 2.55. The van der Waals surface area contributed by atoms with Crippen LogP contribution in [0.4, 0.5) is 0 Å². The molecule has 3 rings (SSSR count). The summed E-state index contributed by atoms with van der Waals surface area (Å²) < 4.78 is 1.43. The number of pyridine rings is 1. The van der Waals surface area contributed by atoms with Gasteiger partial charge in [-0.25, -0.2) is 9.78 Å². The van der Waals surface area contributed by atoms with Crippen LogP contribution in [-0.2, 0) is 13.1 Å². The second-order valence-electron chi connectivity index (χ2n) is 7.03. The molecular weight excluding hydrogens is 356 g/mol. The van der Waals surface area contributed by atoms with Gasteiger partial charge in [0.2, 0.25) is 0 Å². The van der Waals surface area contributed by atoms with Gasteiger partial charge in [-0.3, -0.25) is 19.1 Å². The van der Waals surface area contributed by atoms with E-state index in [0.717, 1.165) is 5.56 Å². The van der Waals surface area contributed by atoms with Gasteiger partial charge in [0, 0.05) is 18.8 Å². The minimum absolute atomic E-state index is 0.0366. The number of fused-ring (bicyclic) bond motifs is 1. The van der Waals surface area contributed by atoms with Crippen molar-refractivity contribution < 1.29 is 4.79 Å². The Balaban J connectivity index is 2.14. The monoisotopic (exact) mass is 380 g/mol. The van der Waals surface area contributed by atoms with Crippen molar-refractivity contribution in [2.75, 3.05) is 0 Å². The fourth-order valence-electron chi connectivity index (χ4n) is 3.07. The molecule has 0 fully saturated rings. The highest BCUT2D eigenvalue weighted by Crippen LogP contribution is 2.20. The summed E-state index contributed by atoms with van der Waals surface area (Å²) >= 11 is 0. The summed E-state index contributed by atoms with van der Waals surface area (Å²) in [4.78, 5) is 44.6. The lowest BCUT2D eigenvalue weighted by molar-refractivity contribution is 0.0952. The molecule has 146 valence electrons. The van der Waals surface area contributed by atoms with Crippen LogP contribution in [0.15, 0.2) is 46.0 Å². The number of amides is 1. The highest BCUT2D eigenvalue weighted by Gasteiger charge is 2.20. The molecule has 0 unspecified atom stereocenters. The quantitative estimate of drug-likeness (QED) is 0.687. The maximum atomic E-state index is 12.9. The molecule has 0 radical (unpaired) electrons. The van der Waals surface area contributed by atoms with Gasteiger partial charge in [-0.05, 0) is 24.0 Å². The molecule has 0 saturated carbocycles. The molecule has 0 saturated heterocycles. The van der Waals surface area contributed by atoms with E-state index in [9.17, 15) is 14.4 Å². The number of aryl methyl sites for hydroxylation is 1. The molecule has 7 nitrogen and oxygen atoms in total. The third-order valence-corrected chi connectivity index (χ3v) is 4.55. The van der Waals surface area contributed by atoms with Gasteiger partial charge in [0.25, 0.3) is 11.5 Å². The Kier molecular flexibility index (Phi) is 5.73. The SMILES string of the molecule is CCCn1c(=O)[nH]c(=O)c2c(C(=O)NCc3ccccc3)cc(C(C)C)nc21. The molecule has 0 aliphatic rings. The Morgan fingerprint density at radius 3 is 2.57 bits per heavy atom. The second-order valence-corrected chi connectivity index (χ2v) is 7.03. The van der Waals surface area contributed by atoms with Crippen LogP contribution >= 0.6 is 0 Å². The molecule has 0 atom stereocenters. The van der Waals surface area contributed by atoms with E-state index in [4.69, 9.17) is 0 Å². The average Bonchev–Trinajstić information content (AvgIpc) is 2.69. The maximum Gasteiger partial charge on any atom is 0.329 e. The Hall–Kier alpha value is -3.22. The zero-order valence-corrected chi connectivity index (χ0v) is 16.3. The minimum Gasteiger partial charge on any atom is -0.348 e. The molecule has 1 aromatic carbocycles. The van der Waals surface area contributed by atoms with Gasteiger partial charge in [0.1, 0.15) is 0 Å². The van der Waals surface area contributed by atoms with Gasteiger partial charge in [-0.2, -0.15) is 0 Å². The lowest BCUT2D eigenvalue weighted by Crippen LogP contribution is -2.33. The van der Waals surface area contributed by atoms with Crippen LogP contribution in [0.25, 0.3) is 11.0 Å². The van der Waals surface area contributed by atoms with E-state index < -0.39 is 11.2 Å². The summed E-state index contributed by atoms with van der Waals surface area (Å²) in [5.74, 6) is -0.333. The van der Waals surface area contributed by atoms with Gasteiger partial charge < -0.3 is 5.32 Å². The van der Waals surface area contributed by atoms with Crippen molar-refractivity contribution in [1.29, 1.82) is 0 Å². The third kappa shape index (κ3) is 3.88. The van der Waals surface area contributed by atoms with Crippen molar-refractivity contribution >= 4 is 16.9 Å². The largest absolute Gasteiger partial charge is 0.348 e. The van der Waals surface area contributed by atoms with Crippen LogP contribution in [-0.4, -0.2) is 20.4 Å². The first kappa shape index (κ1) is 19.5. The zero-order valence-electron chi connectivity index (χ0n) is 16.3. The van der Waals surface area contributed by atoms with Crippen molar-refractivity contribution in [2.24, 2.45) is 0 Å². The van der Waals surface area contributed by atoms with Crippen LogP contribution in [0, 0.1) is 0 Å². The molecule has 0 bridgehead atoms. The molecule has 0 aliphatic carbocycles. The molecule has 0 spiro atoms. The second kappa shape index (κ2) is 8.21. The fourth-order valence-corrected chi connectivity index (χ4v) is 3.07. The van der Waals surface area contributed by atoms with Gasteiger partial charge in [0.15, 0.2) is 5.65 Å². The number of rotatable bonds is 6. The lowest BCUT2D eigenvalue weighted by Gasteiger charge is -2.14. The summed E-state index contributed by atoms with van der Waals surface area (Å²) in [6.07, 6.45) is 0.699. The number of carbonyl (C=O) groups excluding carboxylic acids is 1. The van der Waals surface area contributed by atoms with Crippen LogP contribution in [0.1, 0.15) is 54.7 Å². The Bertz CT molecular complexity index is 1110. The van der Waals surface area contributed by atoms with Gasteiger partial charge in [0.05, 0.1) is 10.9 Å². The average molecular weight is 380 g/mol. The number of hydrogen-bond donors (Lipinski definition) is 2. The van der Waals surface area contributed by atoms with E-state index in [1.54, 1.807) is 6.07 Å². The van der Waals surface area contributed by atoms with Gasteiger partial charge in [-0.1, -0.05) is 51.1 Å². The molecule has 7 heteroatoms. The van der Waals surface area contributed by atoms with Crippen molar-refractivity contribution in [2.45, 2.75) is 46.2 Å². The fraction of sp³-hybridized carbons (Fsp3) is 0.333. The van der Waals surface area contributed by atoms with E-state index in [0.29, 0.717) is 25.2 Å². The van der Waals surface area contributed by atoms with Gasteiger partial charge in [-0.15, -0.1) is 0 Å². The molecule has 1 amide bonds. The molecule has 2 heterocycles. The van der Waals surface area contributed by atoms with Crippen molar-refractivity contribution in [3.8, 4) is 0 Å². The van der Waals surface area contributed by atoms with Crippen molar-refractivity contribution in [3.05, 3.63) is 74.1 Å². The summed E-state index contributed by atoms with van der Waals surface area (Å²) in [5.41, 5.74) is 0.994. The van der Waals surface area contributed by atoms with E-state index in [2.05, 4.69) is 15.3 Å². The van der Waals surface area contributed by atoms with Crippen molar-refractivity contribution in [3.63, 3.8) is 0 Å². The van der Waals surface area contributed by atoms with E-state index in [1.165, 1.54) is 4.57 Å². The maximum absolute atomic E-state index is 12.9. The van der Waals surface area contributed by atoms with Crippen LogP contribution in [0.2, 0.25) is 0 Å². The number of hydrogen-bond acceptors (Lipinski definition) is 4. The van der Waals surface area contributed by atoms with Crippen LogP contribution < -0.4 is 16.6 Å². The third-order valence-electron chi connectivity index (χ3n) is 4.55. The molecule has 28 heavy (non-hydrogen) atoms. The van der Waals surface area contributed by atoms with Crippen molar-refractivity contribution in [1.82, 2.24) is 19.9 Å². The van der Waals surface area contributed by atoms with Crippen LogP contribution in [0.5, 0.6) is 0 Å². The molecule has 2 aromatic heterocycles. The molecule has 0 aliphatic heterocycles. The number of aromatic amines is 1. The topological polar surface area (TPSA) is 96.9 Å². The van der Waals surface area contributed by atoms with E-state index in [1.807, 2.05) is 51.1 Å². The Labute approximate surface area is 162 Å². The number of carbonyl (C=O) groups is 1. The summed E-state index contributed by atoms with van der Waals surface area (Å²) in [6.45, 7) is 6.59. The minimum atomic E-state index is -0.597. The van der Waals surface area contributed by atoms with E-state index >= 15 is 0 Å². The van der Waals surface area contributed by atoms with Gasteiger partial charge >= 0.3 is 5.69 Å². The molecule has 2 N–H and O–H groups in total. The Morgan fingerprint density at radius 2 is 1.93 bits per heavy atom. The van der Waals surface area contributed by atoms with E-state index in [-0.39, 0.29) is 28.4 Å². The Morgan fingerprint density at radius 1 is 1.21 bits per heavy atom. The normalized spacial score (nSPS) is 11.1. The predicted molar refractivity (Wildman–Crippen MR) is 109 cm³/mol. The highest BCUT2D eigenvalue weighted by molar-refractivity contribution is 6.05. The van der Waals surface area contributed by atoms with Crippen LogP contribution in [0.3, 0.4) is 0 Å². The molecule has 3 aromatic rings. The summed E-state index contributed by atoms with van der Waals surface area (Å²) in [6, 6.07) is 11.2. The first-order chi connectivity index (χ1) is 13.4.